The Bertz CT molecular complexity index is 464. The van der Waals surface area contributed by atoms with Crippen molar-refractivity contribution in [1.82, 2.24) is 14.7 Å². The molecule has 0 bridgehead atoms. The van der Waals surface area contributed by atoms with Crippen LogP contribution in [0.25, 0.3) is 4.96 Å². The van der Waals surface area contributed by atoms with Gasteiger partial charge >= 0.3 is 0 Å². The third kappa shape index (κ3) is 1.91. The van der Waals surface area contributed by atoms with E-state index in [0.717, 1.165) is 23.0 Å². The summed E-state index contributed by atoms with van der Waals surface area (Å²) in [4.78, 5) is 7.54. The molecule has 0 atom stereocenters. The van der Waals surface area contributed by atoms with E-state index in [0.29, 0.717) is 6.54 Å². The summed E-state index contributed by atoms with van der Waals surface area (Å²) in [5.41, 5.74) is 1.13. The number of thiazole rings is 1. The van der Waals surface area contributed by atoms with Crippen LogP contribution >= 0.6 is 11.3 Å². The molecule has 2 aromatic rings. The van der Waals surface area contributed by atoms with Crippen molar-refractivity contribution in [3.05, 3.63) is 17.3 Å². The first-order chi connectivity index (χ1) is 7.77. The van der Waals surface area contributed by atoms with Crippen LogP contribution in [0.1, 0.15) is 5.69 Å². The average molecular weight is 240 g/mol. The number of nitrogens with zero attached hydrogens (tertiary/aromatic N) is 3. The molecule has 0 saturated heterocycles. The van der Waals surface area contributed by atoms with Crippen molar-refractivity contribution in [2.75, 3.05) is 32.1 Å². The van der Waals surface area contributed by atoms with Gasteiger partial charge in [0.05, 0.1) is 12.3 Å². The molecule has 16 heavy (non-hydrogen) atoms. The first-order valence-corrected chi connectivity index (χ1v) is 6.07. The Kier molecular flexibility index (Phi) is 3.42. The van der Waals surface area contributed by atoms with Crippen molar-refractivity contribution in [2.45, 2.75) is 6.54 Å². The van der Waals surface area contributed by atoms with Gasteiger partial charge in [-0.15, -0.1) is 11.3 Å². The summed E-state index contributed by atoms with van der Waals surface area (Å²) in [6.07, 6.45) is 2.02. The third-order valence-corrected chi connectivity index (χ3v) is 3.24. The molecule has 0 amide bonds. The number of rotatable bonds is 5. The summed E-state index contributed by atoms with van der Waals surface area (Å²) in [6, 6.07) is 0. The molecule has 0 fully saturated rings. The number of imidazole rings is 1. The van der Waals surface area contributed by atoms with Crippen LogP contribution in [0.3, 0.4) is 0 Å². The molecule has 2 N–H and O–H groups in total. The minimum atomic E-state index is 0.140. The Hall–Kier alpha value is -1.11. The molecule has 0 saturated carbocycles. The second-order valence-corrected chi connectivity index (χ2v) is 4.49. The summed E-state index contributed by atoms with van der Waals surface area (Å²) in [5, 5.41) is 14.1. The van der Waals surface area contributed by atoms with E-state index in [2.05, 4.69) is 14.7 Å². The standard InChI is InChI=1S/C10H16N4OS/c1-11-7-8-9(13(2)3-5-15)12-10-14(8)4-6-16-10/h4,6,11,15H,3,5,7H2,1-2H3. The Balaban J connectivity index is 2.41. The highest BCUT2D eigenvalue weighted by Crippen LogP contribution is 2.23. The Labute approximate surface area is 98.3 Å². The van der Waals surface area contributed by atoms with E-state index in [1.807, 2.05) is 30.6 Å². The molecule has 0 spiro atoms. The van der Waals surface area contributed by atoms with Gasteiger partial charge in [0.15, 0.2) is 10.8 Å². The summed E-state index contributed by atoms with van der Waals surface area (Å²) >= 11 is 1.62. The predicted molar refractivity (Wildman–Crippen MR) is 66.2 cm³/mol. The van der Waals surface area contributed by atoms with Gasteiger partial charge in [-0.25, -0.2) is 4.98 Å². The van der Waals surface area contributed by atoms with Crippen molar-refractivity contribution in [1.29, 1.82) is 0 Å². The zero-order valence-corrected chi connectivity index (χ0v) is 10.3. The molecule has 5 nitrogen and oxygen atoms in total. The summed E-state index contributed by atoms with van der Waals surface area (Å²) in [7, 11) is 3.86. The number of aliphatic hydroxyl groups is 1. The molecule has 2 heterocycles. The van der Waals surface area contributed by atoms with E-state index >= 15 is 0 Å². The molecule has 2 rings (SSSR count). The van der Waals surface area contributed by atoms with Gasteiger partial charge in [-0.1, -0.05) is 0 Å². The maximum Gasteiger partial charge on any atom is 0.195 e. The van der Waals surface area contributed by atoms with Gasteiger partial charge in [-0.2, -0.15) is 0 Å². The fraction of sp³-hybridized carbons (Fsp3) is 0.500. The zero-order chi connectivity index (χ0) is 11.5. The maximum absolute atomic E-state index is 8.95. The average Bonchev–Trinajstić information content (AvgIpc) is 2.81. The number of fused-ring (bicyclic) bond motifs is 1. The fourth-order valence-electron chi connectivity index (χ4n) is 1.71. The summed E-state index contributed by atoms with van der Waals surface area (Å²) in [5.74, 6) is 0.940. The zero-order valence-electron chi connectivity index (χ0n) is 9.47. The van der Waals surface area contributed by atoms with E-state index in [4.69, 9.17) is 5.11 Å². The van der Waals surface area contributed by atoms with Crippen LogP contribution in [0.4, 0.5) is 5.82 Å². The van der Waals surface area contributed by atoms with E-state index in [1.165, 1.54) is 0 Å². The van der Waals surface area contributed by atoms with Crippen LogP contribution in [0.2, 0.25) is 0 Å². The molecule has 0 aliphatic carbocycles. The Morgan fingerprint density at radius 3 is 3.12 bits per heavy atom. The van der Waals surface area contributed by atoms with E-state index in [-0.39, 0.29) is 6.61 Å². The molecule has 0 aliphatic rings. The van der Waals surface area contributed by atoms with Gasteiger partial charge in [-0.3, -0.25) is 4.40 Å². The lowest BCUT2D eigenvalue weighted by atomic mass is 10.4. The molecule has 0 aromatic carbocycles. The molecule has 88 valence electrons. The number of anilines is 1. The van der Waals surface area contributed by atoms with Gasteiger partial charge < -0.3 is 15.3 Å². The SMILES string of the molecule is CNCc1c(N(C)CCO)nc2sccn12. The Morgan fingerprint density at radius 1 is 1.62 bits per heavy atom. The lowest BCUT2D eigenvalue weighted by Gasteiger charge is -2.16. The monoisotopic (exact) mass is 240 g/mol. The second-order valence-electron chi connectivity index (χ2n) is 3.61. The Morgan fingerprint density at radius 2 is 2.44 bits per heavy atom. The van der Waals surface area contributed by atoms with Gasteiger partial charge in [0.25, 0.3) is 0 Å². The van der Waals surface area contributed by atoms with Crippen LogP contribution in [0.15, 0.2) is 11.6 Å². The van der Waals surface area contributed by atoms with Crippen molar-refractivity contribution < 1.29 is 5.11 Å². The third-order valence-electron chi connectivity index (χ3n) is 2.48. The van der Waals surface area contributed by atoms with E-state index in [1.54, 1.807) is 11.3 Å². The minimum absolute atomic E-state index is 0.140. The van der Waals surface area contributed by atoms with Crippen LogP contribution in [-0.2, 0) is 6.54 Å². The normalized spacial score (nSPS) is 11.2. The number of nitrogens with one attached hydrogen (secondary N) is 1. The predicted octanol–water partition coefficient (Wildman–Crippen LogP) is 0.544. The lowest BCUT2D eigenvalue weighted by molar-refractivity contribution is 0.304. The van der Waals surface area contributed by atoms with Crippen LogP contribution in [-0.4, -0.2) is 41.7 Å². The minimum Gasteiger partial charge on any atom is -0.395 e. The summed E-state index contributed by atoms with van der Waals surface area (Å²) < 4.78 is 2.09. The first kappa shape index (κ1) is 11.4. The fourth-order valence-corrected chi connectivity index (χ4v) is 2.44. The molecule has 0 radical (unpaired) electrons. The smallest absolute Gasteiger partial charge is 0.195 e. The summed E-state index contributed by atoms with van der Waals surface area (Å²) in [6.45, 7) is 1.51. The van der Waals surface area contributed by atoms with Crippen molar-refractivity contribution >= 4 is 22.1 Å². The number of likely N-dealkylation sites (N-methyl/N-ethyl adjacent to an activating group) is 1. The highest BCUT2D eigenvalue weighted by Gasteiger charge is 2.15. The van der Waals surface area contributed by atoms with Crippen molar-refractivity contribution in [2.24, 2.45) is 0 Å². The molecule has 0 aliphatic heterocycles. The van der Waals surface area contributed by atoms with Crippen molar-refractivity contribution in [3.63, 3.8) is 0 Å². The topological polar surface area (TPSA) is 52.8 Å². The van der Waals surface area contributed by atoms with Crippen molar-refractivity contribution in [3.8, 4) is 0 Å². The van der Waals surface area contributed by atoms with E-state index < -0.39 is 0 Å². The quantitative estimate of drug-likeness (QED) is 0.801. The largest absolute Gasteiger partial charge is 0.395 e. The maximum atomic E-state index is 8.95. The highest BCUT2D eigenvalue weighted by atomic mass is 32.1. The number of aliphatic hydroxyl groups excluding tert-OH is 1. The van der Waals surface area contributed by atoms with Crippen LogP contribution < -0.4 is 10.2 Å². The van der Waals surface area contributed by atoms with Gasteiger partial charge in [0.1, 0.15) is 0 Å². The van der Waals surface area contributed by atoms with Gasteiger partial charge in [0, 0.05) is 31.7 Å². The number of aromatic nitrogens is 2. The lowest BCUT2D eigenvalue weighted by Crippen LogP contribution is -2.23. The van der Waals surface area contributed by atoms with Crippen LogP contribution in [0, 0.1) is 0 Å². The van der Waals surface area contributed by atoms with Crippen LogP contribution in [0.5, 0.6) is 0 Å². The van der Waals surface area contributed by atoms with Gasteiger partial charge in [-0.05, 0) is 7.05 Å². The molecule has 2 aromatic heterocycles. The first-order valence-electron chi connectivity index (χ1n) is 5.19. The number of hydrogen-bond acceptors (Lipinski definition) is 5. The highest BCUT2D eigenvalue weighted by molar-refractivity contribution is 7.15. The molecule has 0 unspecified atom stereocenters. The second kappa shape index (κ2) is 4.82. The van der Waals surface area contributed by atoms with E-state index in [9.17, 15) is 0 Å². The molecular weight excluding hydrogens is 224 g/mol. The molecular formula is C10H16N4OS. The van der Waals surface area contributed by atoms with Gasteiger partial charge in [0.2, 0.25) is 0 Å². The number of hydrogen-bond donors (Lipinski definition) is 2. The molecule has 6 heteroatoms.